The average Bonchev–Trinajstić information content (AvgIpc) is 2.85. The molecule has 0 radical (unpaired) electrons. The van der Waals surface area contributed by atoms with E-state index in [2.05, 4.69) is 21.2 Å². The first-order valence-electron chi connectivity index (χ1n) is 5.83. The van der Waals surface area contributed by atoms with E-state index in [0.717, 1.165) is 10.9 Å². The summed E-state index contributed by atoms with van der Waals surface area (Å²) in [5, 5.41) is 11.8. The Bertz CT molecular complexity index is 484. The van der Waals surface area contributed by atoms with Gasteiger partial charge in [-0.1, -0.05) is 0 Å². The Kier molecular flexibility index (Phi) is 3.75. The first-order chi connectivity index (χ1) is 8.47. The highest BCUT2D eigenvalue weighted by molar-refractivity contribution is 9.10. The van der Waals surface area contributed by atoms with Crippen molar-refractivity contribution in [3.8, 4) is 0 Å². The molecule has 5 nitrogen and oxygen atoms in total. The Morgan fingerprint density at radius 1 is 1.50 bits per heavy atom. The zero-order valence-corrected chi connectivity index (χ0v) is 11.6. The first kappa shape index (κ1) is 13.1. The minimum absolute atomic E-state index is 0.0349. The van der Waals surface area contributed by atoms with Crippen LogP contribution in [-0.2, 0) is 11.8 Å². The summed E-state index contributed by atoms with van der Waals surface area (Å²) in [7, 11) is 1.80. The number of hydrogen-bond acceptors (Lipinski definition) is 2. The molecule has 2 atom stereocenters. The van der Waals surface area contributed by atoms with Crippen molar-refractivity contribution in [2.45, 2.75) is 25.3 Å². The van der Waals surface area contributed by atoms with Gasteiger partial charge in [-0.25, -0.2) is 0 Å². The molecule has 2 rings (SSSR count). The lowest BCUT2D eigenvalue weighted by atomic mass is 10.1. The van der Waals surface area contributed by atoms with E-state index in [1.165, 1.54) is 0 Å². The van der Waals surface area contributed by atoms with Crippen molar-refractivity contribution in [2.75, 3.05) is 0 Å². The SMILES string of the molecule is Cn1cc(Br)cc1C(=O)N[C@H]1CC[C@@H](C(=O)O)C1. The summed E-state index contributed by atoms with van der Waals surface area (Å²) in [5.41, 5.74) is 0.570. The van der Waals surface area contributed by atoms with E-state index in [1.54, 1.807) is 17.7 Å². The molecule has 1 aliphatic carbocycles. The summed E-state index contributed by atoms with van der Waals surface area (Å²) in [6.07, 6.45) is 3.70. The predicted octanol–water partition coefficient (Wildman–Crippen LogP) is 1.77. The van der Waals surface area contributed by atoms with Crippen LogP contribution in [-0.4, -0.2) is 27.6 Å². The van der Waals surface area contributed by atoms with Crippen molar-refractivity contribution in [1.29, 1.82) is 0 Å². The predicted molar refractivity (Wildman–Crippen MR) is 69.3 cm³/mol. The van der Waals surface area contributed by atoms with Crippen molar-refractivity contribution in [3.63, 3.8) is 0 Å². The number of aliphatic carboxylic acids is 1. The molecule has 18 heavy (non-hydrogen) atoms. The van der Waals surface area contributed by atoms with Crippen LogP contribution in [0, 0.1) is 5.92 Å². The summed E-state index contributed by atoms with van der Waals surface area (Å²) in [5.74, 6) is -1.25. The molecule has 1 amide bonds. The summed E-state index contributed by atoms with van der Waals surface area (Å²) in [6.45, 7) is 0. The van der Waals surface area contributed by atoms with Crippen molar-refractivity contribution in [3.05, 3.63) is 22.4 Å². The molecular formula is C12H15BrN2O3. The third-order valence-electron chi connectivity index (χ3n) is 3.32. The van der Waals surface area contributed by atoms with Crippen LogP contribution in [0.15, 0.2) is 16.7 Å². The highest BCUT2D eigenvalue weighted by Crippen LogP contribution is 2.26. The van der Waals surface area contributed by atoms with Crippen LogP contribution in [0.2, 0.25) is 0 Å². The molecule has 1 aromatic rings. The third kappa shape index (κ3) is 2.75. The smallest absolute Gasteiger partial charge is 0.306 e. The van der Waals surface area contributed by atoms with Crippen LogP contribution in [0.1, 0.15) is 29.8 Å². The van der Waals surface area contributed by atoms with Gasteiger partial charge in [-0.05, 0) is 41.3 Å². The van der Waals surface area contributed by atoms with E-state index in [0.29, 0.717) is 18.5 Å². The average molecular weight is 315 g/mol. The van der Waals surface area contributed by atoms with Crippen molar-refractivity contribution >= 4 is 27.8 Å². The molecule has 1 fully saturated rings. The number of rotatable bonds is 3. The van der Waals surface area contributed by atoms with Crippen LogP contribution < -0.4 is 5.32 Å². The van der Waals surface area contributed by atoms with Crippen molar-refractivity contribution in [1.82, 2.24) is 9.88 Å². The largest absolute Gasteiger partial charge is 0.481 e. The second-order valence-corrected chi connectivity index (χ2v) is 5.59. The monoisotopic (exact) mass is 314 g/mol. The van der Waals surface area contributed by atoms with E-state index in [-0.39, 0.29) is 17.9 Å². The van der Waals surface area contributed by atoms with Gasteiger partial charge in [0.2, 0.25) is 0 Å². The molecule has 98 valence electrons. The number of aromatic nitrogens is 1. The molecule has 0 unspecified atom stereocenters. The van der Waals surface area contributed by atoms with Gasteiger partial charge in [0, 0.05) is 23.8 Å². The fourth-order valence-corrected chi connectivity index (χ4v) is 2.87. The highest BCUT2D eigenvalue weighted by Gasteiger charge is 2.30. The number of hydrogen-bond donors (Lipinski definition) is 2. The normalized spacial score (nSPS) is 23.0. The number of carboxylic acids is 1. The van der Waals surface area contributed by atoms with Gasteiger partial charge in [-0.15, -0.1) is 0 Å². The number of nitrogens with one attached hydrogen (secondary N) is 1. The van der Waals surface area contributed by atoms with Crippen LogP contribution in [0.25, 0.3) is 0 Å². The van der Waals surface area contributed by atoms with Gasteiger partial charge in [0.05, 0.1) is 5.92 Å². The van der Waals surface area contributed by atoms with E-state index < -0.39 is 5.97 Å². The molecule has 0 saturated heterocycles. The minimum atomic E-state index is -0.770. The fraction of sp³-hybridized carbons (Fsp3) is 0.500. The molecular weight excluding hydrogens is 300 g/mol. The van der Waals surface area contributed by atoms with E-state index in [4.69, 9.17) is 5.11 Å². The summed E-state index contributed by atoms with van der Waals surface area (Å²) >= 11 is 3.31. The molecule has 1 aliphatic rings. The quantitative estimate of drug-likeness (QED) is 0.893. The number of aryl methyl sites for hydroxylation is 1. The van der Waals surface area contributed by atoms with E-state index >= 15 is 0 Å². The standard InChI is InChI=1S/C12H15BrN2O3/c1-15-6-8(13)5-10(15)11(16)14-9-3-2-7(4-9)12(17)18/h5-7,9H,2-4H2,1H3,(H,14,16)(H,17,18)/t7-,9+/m1/s1. The van der Waals surface area contributed by atoms with Crippen LogP contribution in [0.3, 0.4) is 0 Å². The Labute approximate surface area is 113 Å². The van der Waals surface area contributed by atoms with Crippen molar-refractivity contribution < 1.29 is 14.7 Å². The maximum atomic E-state index is 12.0. The van der Waals surface area contributed by atoms with Gasteiger partial charge in [-0.2, -0.15) is 0 Å². The Morgan fingerprint density at radius 3 is 2.72 bits per heavy atom. The lowest BCUT2D eigenvalue weighted by Gasteiger charge is -2.12. The highest BCUT2D eigenvalue weighted by atomic mass is 79.9. The molecule has 0 aromatic carbocycles. The Morgan fingerprint density at radius 2 is 2.22 bits per heavy atom. The summed E-state index contributed by atoms with van der Waals surface area (Å²) < 4.78 is 2.59. The molecule has 1 saturated carbocycles. The van der Waals surface area contributed by atoms with Gasteiger partial charge < -0.3 is 15.0 Å². The van der Waals surface area contributed by atoms with Crippen LogP contribution >= 0.6 is 15.9 Å². The van der Waals surface area contributed by atoms with E-state index in [9.17, 15) is 9.59 Å². The van der Waals surface area contributed by atoms with Crippen LogP contribution in [0.5, 0.6) is 0 Å². The van der Waals surface area contributed by atoms with Gasteiger partial charge >= 0.3 is 5.97 Å². The lowest BCUT2D eigenvalue weighted by molar-refractivity contribution is -0.141. The van der Waals surface area contributed by atoms with Crippen LogP contribution in [0.4, 0.5) is 0 Å². The molecule has 0 bridgehead atoms. The second kappa shape index (κ2) is 5.14. The number of halogens is 1. The topological polar surface area (TPSA) is 71.3 Å². The maximum absolute atomic E-state index is 12.0. The number of amides is 1. The third-order valence-corrected chi connectivity index (χ3v) is 3.75. The fourth-order valence-electron chi connectivity index (χ4n) is 2.35. The molecule has 2 N–H and O–H groups in total. The molecule has 0 spiro atoms. The van der Waals surface area contributed by atoms with Gasteiger partial charge in [0.15, 0.2) is 0 Å². The molecule has 0 aliphatic heterocycles. The number of carbonyl (C=O) groups excluding carboxylic acids is 1. The zero-order valence-electron chi connectivity index (χ0n) is 10.0. The molecule has 6 heteroatoms. The van der Waals surface area contributed by atoms with Gasteiger partial charge in [-0.3, -0.25) is 9.59 Å². The van der Waals surface area contributed by atoms with E-state index in [1.807, 2.05) is 6.20 Å². The maximum Gasteiger partial charge on any atom is 0.306 e. The molecule has 1 heterocycles. The Balaban J connectivity index is 1.97. The number of carboxylic acid groups (broad SMARTS) is 1. The number of carbonyl (C=O) groups is 2. The lowest BCUT2D eigenvalue weighted by Crippen LogP contribution is -2.34. The minimum Gasteiger partial charge on any atom is -0.481 e. The zero-order chi connectivity index (χ0) is 13.3. The Hall–Kier alpha value is -1.30. The van der Waals surface area contributed by atoms with Crippen molar-refractivity contribution in [2.24, 2.45) is 13.0 Å². The number of nitrogens with zero attached hydrogens (tertiary/aromatic N) is 1. The second-order valence-electron chi connectivity index (χ2n) is 4.67. The van der Waals surface area contributed by atoms with Gasteiger partial charge in [0.1, 0.15) is 5.69 Å². The first-order valence-corrected chi connectivity index (χ1v) is 6.62. The molecule has 1 aromatic heterocycles. The van der Waals surface area contributed by atoms with Gasteiger partial charge in [0.25, 0.3) is 5.91 Å². The summed E-state index contributed by atoms with van der Waals surface area (Å²) in [4.78, 5) is 22.8. The summed E-state index contributed by atoms with van der Waals surface area (Å²) in [6, 6.07) is 1.71.